The maximum Gasteiger partial charge on any atom is 0.269 e. The van der Waals surface area contributed by atoms with Gasteiger partial charge in [-0.25, -0.2) is 0 Å². The number of ether oxygens (including phenoxy) is 1. The number of non-ortho nitro benzene ring substituents is 1. The highest BCUT2D eigenvalue weighted by molar-refractivity contribution is 5.78. The number of rotatable bonds is 8. The molecule has 2 N–H and O–H groups in total. The number of benzene rings is 3. The van der Waals surface area contributed by atoms with E-state index in [0.717, 1.165) is 11.1 Å². The molecule has 3 aromatic rings. The molecule has 7 heteroatoms. The molecule has 1 amide bonds. The number of nitrogens with zero attached hydrogens (tertiary/aromatic N) is 1. The normalized spacial score (nSPS) is 11.5. The Kier molecular flexibility index (Phi) is 6.55. The van der Waals surface area contributed by atoms with E-state index in [4.69, 9.17) is 4.74 Å². The van der Waals surface area contributed by atoms with E-state index in [1.165, 1.54) is 24.3 Å². The number of nitro groups is 1. The number of hydrogen-bond donors (Lipinski definition) is 2. The number of aliphatic hydroxyl groups is 1. The molecule has 0 fully saturated rings. The van der Waals surface area contributed by atoms with Crippen LogP contribution in [0.25, 0.3) is 11.1 Å². The second-order valence-electron chi connectivity index (χ2n) is 6.32. The number of aliphatic hydroxyl groups excluding tert-OH is 1. The average molecular weight is 392 g/mol. The van der Waals surface area contributed by atoms with Crippen LogP contribution in [0.1, 0.15) is 11.7 Å². The van der Waals surface area contributed by atoms with Gasteiger partial charge in [0.25, 0.3) is 11.6 Å². The first-order valence-electron chi connectivity index (χ1n) is 9.01. The summed E-state index contributed by atoms with van der Waals surface area (Å²) in [4.78, 5) is 22.3. The molecular formula is C22H20N2O5. The van der Waals surface area contributed by atoms with Gasteiger partial charge in [-0.05, 0) is 29.3 Å². The van der Waals surface area contributed by atoms with Gasteiger partial charge in [0.15, 0.2) is 6.61 Å². The number of carbonyl (C=O) groups excluding carboxylic acids is 1. The van der Waals surface area contributed by atoms with Crippen LogP contribution >= 0.6 is 0 Å². The summed E-state index contributed by atoms with van der Waals surface area (Å²) in [6.45, 7) is -0.225. The maximum atomic E-state index is 12.1. The van der Waals surface area contributed by atoms with Crippen molar-refractivity contribution in [1.82, 2.24) is 5.32 Å². The fraction of sp³-hybridized carbons (Fsp3) is 0.136. The molecule has 0 bridgehead atoms. The van der Waals surface area contributed by atoms with Crippen LogP contribution in [0.4, 0.5) is 5.69 Å². The minimum Gasteiger partial charge on any atom is -0.483 e. The lowest BCUT2D eigenvalue weighted by molar-refractivity contribution is -0.384. The standard InChI is InChI=1S/C22H20N2O5/c25-20(17-10-12-18(13-11-17)24(27)28)14-23-22(26)15-29-21-9-5-4-8-19(21)16-6-2-1-3-7-16/h1-13,20,25H,14-15H2,(H,23,26)/t20-/m0/s1. The summed E-state index contributed by atoms with van der Waals surface area (Å²) in [7, 11) is 0. The van der Waals surface area contributed by atoms with Crippen molar-refractivity contribution in [2.24, 2.45) is 0 Å². The van der Waals surface area contributed by atoms with E-state index in [2.05, 4.69) is 5.32 Å². The van der Waals surface area contributed by atoms with Crippen molar-refractivity contribution in [2.75, 3.05) is 13.2 Å². The first-order chi connectivity index (χ1) is 14.0. The summed E-state index contributed by atoms with van der Waals surface area (Å²) < 4.78 is 5.66. The highest BCUT2D eigenvalue weighted by atomic mass is 16.6. The Morgan fingerprint density at radius 3 is 2.34 bits per heavy atom. The molecule has 0 unspecified atom stereocenters. The quantitative estimate of drug-likeness (QED) is 0.451. The van der Waals surface area contributed by atoms with Gasteiger partial charge in [-0.2, -0.15) is 0 Å². The molecule has 0 radical (unpaired) electrons. The van der Waals surface area contributed by atoms with Crippen molar-refractivity contribution >= 4 is 11.6 Å². The largest absolute Gasteiger partial charge is 0.483 e. The number of nitro benzene ring substituents is 1. The molecule has 0 saturated carbocycles. The van der Waals surface area contributed by atoms with Crippen molar-refractivity contribution < 1.29 is 19.6 Å². The number of carbonyl (C=O) groups is 1. The monoisotopic (exact) mass is 392 g/mol. The highest BCUT2D eigenvalue weighted by Crippen LogP contribution is 2.29. The Hall–Kier alpha value is -3.71. The van der Waals surface area contributed by atoms with E-state index < -0.39 is 11.0 Å². The van der Waals surface area contributed by atoms with E-state index in [1.807, 2.05) is 48.5 Å². The zero-order valence-corrected chi connectivity index (χ0v) is 15.5. The predicted octanol–water partition coefficient (Wildman–Crippen LogP) is 3.49. The molecule has 3 rings (SSSR count). The van der Waals surface area contributed by atoms with Crippen LogP contribution in [-0.2, 0) is 4.79 Å². The second kappa shape index (κ2) is 9.48. The number of para-hydroxylation sites is 1. The first-order valence-corrected chi connectivity index (χ1v) is 9.01. The van der Waals surface area contributed by atoms with Crippen molar-refractivity contribution in [1.29, 1.82) is 0 Å². The second-order valence-corrected chi connectivity index (χ2v) is 6.32. The van der Waals surface area contributed by atoms with Gasteiger partial charge in [-0.3, -0.25) is 14.9 Å². The Labute approximate surface area is 167 Å². The minimum atomic E-state index is -0.976. The minimum absolute atomic E-state index is 0.0274. The zero-order valence-electron chi connectivity index (χ0n) is 15.5. The van der Waals surface area contributed by atoms with Gasteiger partial charge in [-0.15, -0.1) is 0 Å². The van der Waals surface area contributed by atoms with Crippen molar-refractivity contribution in [2.45, 2.75) is 6.10 Å². The Morgan fingerprint density at radius 2 is 1.66 bits per heavy atom. The topological polar surface area (TPSA) is 102 Å². The molecule has 29 heavy (non-hydrogen) atoms. The summed E-state index contributed by atoms with van der Waals surface area (Å²) in [5.74, 6) is 0.207. The van der Waals surface area contributed by atoms with Gasteiger partial charge in [0.1, 0.15) is 5.75 Å². The maximum absolute atomic E-state index is 12.1. The van der Waals surface area contributed by atoms with Crippen LogP contribution < -0.4 is 10.1 Å². The van der Waals surface area contributed by atoms with Gasteiger partial charge in [0.05, 0.1) is 11.0 Å². The molecular weight excluding hydrogens is 372 g/mol. The third kappa shape index (κ3) is 5.40. The lowest BCUT2D eigenvalue weighted by atomic mass is 10.1. The summed E-state index contributed by atoms with van der Waals surface area (Å²) >= 11 is 0. The van der Waals surface area contributed by atoms with Gasteiger partial charge < -0.3 is 15.2 Å². The fourth-order valence-electron chi connectivity index (χ4n) is 2.79. The van der Waals surface area contributed by atoms with Crippen LogP contribution in [0, 0.1) is 10.1 Å². The molecule has 148 valence electrons. The molecule has 0 heterocycles. The summed E-state index contributed by atoms with van der Waals surface area (Å²) in [6.07, 6.45) is -0.976. The molecule has 0 saturated heterocycles. The Bertz CT molecular complexity index is 974. The number of hydrogen-bond acceptors (Lipinski definition) is 5. The third-order valence-corrected chi connectivity index (χ3v) is 4.31. The Balaban J connectivity index is 1.54. The van der Waals surface area contributed by atoms with Crippen LogP contribution in [0.3, 0.4) is 0 Å². The fourth-order valence-corrected chi connectivity index (χ4v) is 2.79. The van der Waals surface area contributed by atoms with E-state index in [9.17, 15) is 20.0 Å². The molecule has 0 aromatic heterocycles. The Morgan fingerprint density at radius 1 is 1.00 bits per heavy atom. The average Bonchev–Trinajstić information content (AvgIpc) is 2.77. The van der Waals surface area contributed by atoms with Crippen LogP contribution in [0.2, 0.25) is 0 Å². The van der Waals surface area contributed by atoms with Crippen LogP contribution in [0.5, 0.6) is 5.75 Å². The van der Waals surface area contributed by atoms with Crippen molar-refractivity contribution in [3.05, 3.63) is 94.5 Å². The van der Waals surface area contributed by atoms with Gasteiger partial charge in [-0.1, -0.05) is 48.5 Å². The van der Waals surface area contributed by atoms with Crippen molar-refractivity contribution in [3.63, 3.8) is 0 Å². The van der Waals surface area contributed by atoms with E-state index in [-0.39, 0.29) is 24.7 Å². The predicted molar refractivity (Wildman–Crippen MR) is 108 cm³/mol. The first kappa shape index (κ1) is 20.0. The number of nitrogens with one attached hydrogen (secondary N) is 1. The van der Waals surface area contributed by atoms with Gasteiger partial charge in [0.2, 0.25) is 0 Å². The molecule has 0 aliphatic heterocycles. The van der Waals surface area contributed by atoms with E-state index in [0.29, 0.717) is 11.3 Å². The highest BCUT2D eigenvalue weighted by Gasteiger charge is 2.13. The SMILES string of the molecule is O=C(COc1ccccc1-c1ccccc1)NC[C@H](O)c1ccc([N+](=O)[O-])cc1. The molecule has 0 spiro atoms. The lowest BCUT2D eigenvalue weighted by Crippen LogP contribution is -2.32. The summed E-state index contributed by atoms with van der Waals surface area (Å²) in [5.41, 5.74) is 2.28. The summed E-state index contributed by atoms with van der Waals surface area (Å²) in [5, 5.41) is 23.4. The third-order valence-electron chi connectivity index (χ3n) is 4.31. The molecule has 0 aliphatic carbocycles. The molecule has 7 nitrogen and oxygen atoms in total. The molecule has 0 aliphatic rings. The van der Waals surface area contributed by atoms with E-state index in [1.54, 1.807) is 6.07 Å². The van der Waals surface area contributed by atoms with Crippen LogP contribution in [-0.4, -0.2) is 29.1 Å². The zero-order chi connectivity index (χ0) is 20.6. The number of amides is 1. The van der Waals surface area contributed by atoms with Crippen molar-refractivity contribution in [3.8, 4) is 16.9 Å². The molecule has 1 atom stereocenters. The van der Waals surface area contributed by atoms with Gasteiger partial charge in [0, 0.05) is 24.2 Å². The smallest absolute Gasteiger partial charge is 0.269 e. The van der Waals surface area contributed by atoms with Gasteiger partial charge >= 0.3 is 0 Å². The summed E-state index contributed by atoms with van der Waals surface area (Å²) in [6, 6.07) is 22.7. The van der Waals surface area contributed by atoms with Crippen LogP contribution in [0.15, 0.2) is 78.9 Å². The lowest BCUT2D eigenvalue weighted by Gasteiger charge is -2.14. The van der Waals surface area contributed by atoms with E-state index >= 15 is 0 Å². The molecule has 3 aromatic carbocycles.